The molecule has 2 saturated heterocycles. The summed E-state index contributed by atoms with van der Waals surface area (Å²) in [7, 11) is 1.66. The Balaban J connectivity index is 1.95. The van der Waals surface area contributed by atoms with Gasteiger partial charge in [-0.05, 0) is 18.8 Å². The predicted molar refractivity (Wildman–Crippen MR) is 68.9 cm³/mol. The number of amides is 2. The van der Waals surface area contributed by atoms with Crippen LogP contribution < -0.4 is 0 Å². The van der Waals surface area contributed by atoms with Gasteiger partial charge < -0.3 is 19.6 Å². The van der Waals surface area contributed by atoms with Crippen LogP contribution in [0.4, 0.5) is 4.79 Å². The highest BCUT2D eigenvalue weighted by Crippen LogP contribution is 2.25. The van der Waals surface area contributed by atoms with Crippen molar-refractivity contribution in [2.75, 3.05) is 33.3 Å². The molecule has 19 heavy (non-hydrogen) atoms. The summed E-state index contributed by atoms with van der Waals surface area (Å²) in [4.78, 5) is 26.9. The molecule has 2 aliphatic rings. The van der Waals surface area contributed by atoms with Gasteiger partial charge in [0.05, 0.1) is 12.0 Å². The van der Waals surface area contributed by atoms with E-state index in [-0.39, 0.29) is 18.1 Å². The zero-order valence-electron chi connectivity index (χ0n) is 11.5. The van der Waals surface area contributed by atoms with Crippen LogP contribution in [0.25, 0.3) is 0 Å². The van der Waals surface area contributed by atoms with Crippen LogP contribution in [0, 0.1) is 11.8 Å². The van der Waals surface area contributed by atoms with Crippen LogP contribution in [0.1, 0.15) is 19.8 Å². The van der Waals surface area contributed by atoms with Crippen molar-refractivity contribution in [1.82, 2.24) is 9.80 Å². The second-order valence-corrected chi connectivity index (χ2v) is 5.56. The fraction of sp³-hybridized carbons (Fsp3) is 0.846. The van der Waals surface area contributed by atoms with Crippen molar-refractivity contribution in [2.24, 2.45) is 11.8 Å². The van der Waals surface area contributed by atoms with Crippen LogP contribution in [-0.4, -0.2) is 66.3 Å². The molecule has 2 fully saturated rings. The van der Waals surface area contributed by atoms with Crippen molar-refractivity contribution in [3.8, 4) is 0 Å². The third-order valence-electron chi connectivity index (χ3n) is 4.18. The van der Waals surface area contributed by atoms with E-state index < -0.39 is 11.9 Å². The van der Waals surface area contributed by atoms with Gasteiger partial charge >= 0.3 is 12.0 Å². The Hall–Kier alpha value is -1.30. The Morgan fingerprint density at radius 3 is 2.53 bits per heavy atom. The van der Waals surface area contributed by atoms with E-state index in [0.717, 1.165) is 19.4 Å². The number of carbonyl (C=O) groups excluding carboxylic acids is 1. The minimum atomic E-state index is -0.809. The fourth-order valence-electron chi connectivity index (χ4n) is 2.95. The van der Waals surface area contributed by atoms with E-state index in [4.69, 9.17) is 9.84 Å². The van der Waals surface area contributed by atoms with E-state index in [1.165, 1.54) is 0 Å². The van der Waals surface area contributed by atoms with Crippen LogP contribution in [-0.2, 0) is 9.53 Å². The normalized spacial score (nSPS) is 31.6. The van der Waals surface area contributed by atoms with Gasteiger partial charge in [-0.2, -0.15) is 0 Å². The lowest BCUT2D eigenvalue weighted by atomic mass is 9.99. The second kappa shape index (κ2) is 5.77. The third kappa shape index (κ3) is 3.00. The largest absolute Gasteiger partial charge is 0.481 e. The summed E-state index contributed by atoms with van der Waals surface area (Å²) in [6.07, 6.45) is 2.03. The highest BCUT2D eigenvalue weighted by atomic mass is 16.5. The number of piperidine rings is 1. The lowest BCUT2D eigenvalue weighted by molar-refractivity contribution is -0.142. The van der Waals surface area contributed by atoms with Gasteiger partial charge in [0.2, 0.25) is 0 Å². The first-order valence-electron chi connectivity index (χ1n) is 6.82. The number of hydrogen-bond acceptors (Lipinski definition) is 3. The summed E-state index contributed by atoms with van der Waals surface area (Å²) >= 11 is 0. The Labute approximate surface area is 113 Å². The van der Waals surface area contributed by atoms with Crippen molar-refractivity contribution in [3.63, 3.8) is 0 Å². The van der Waals surface area contributed by atoms with E-state index in [0.29, 0.717) is 19.6 Å². The molecule has 2 heterocycles. The summed E-state index contributed by atoms with van der Waals surface area (Å²) < 4.78 is 5.31. The van der Waals surface area contributed by atoms with E-state index in [9.17, 15) is 9.59 Å². The third-order valence-corrected chi connectivity index (χ3v) is 4.18. The molecule has 0 spiro atoms. The van der Waals surface area contributed by atoms with Gasteiger partial charge in [-0.1, -0.05) is 6.92 Å². The lowest BCUT2D eigenvalue weighted by Crippen LogP contribution is -2.48. The number of ether oxygens (including phenoxy) is 1. The SMILES string of the molecule is COC1CCCN(C(=O)N2CC(C)C(C(=O)O)C2)C1. The van der Waals surface area contributed by atoms with Gasteiger partial charge in [0.25, 0.3) is 0 Å². The summed E-state index contributed by atoms with van der Waals surface area (Å²) in [5.74, 6) is -1.23. The number of methoxy groups -OCH3 is 1. The molecule has 108 valence electrons. The molecule has 3 unspecified atom stereocenters. The van der Waals surface area contributed by atoms with Crippen molar-refractivity contribution in [3.05, 3.63) is 0 Å². The minimum Gasteiger partial charge on any atom is -0.481 e. The Morgan fingerprint density at radius 1 is 1.21 bits per heavy atom. The topological polar surface area (TPSA) is 70.1 Å². The fourth-order valence-corrected chi connectivity index (χ4v) is 2.95. The molecule has 6 heteroatoms. The number of carbonyl (C=O) groups is 2. The number of aliphatic carboxylic acids is 1. The number of urea groups is 1. The zero-order valence-corrected chi connectivity index (χ0v) is 11.5. The molecule has 0 saturated carbocycles. The van der Waals surface area contributed by atoms with Crippen LogP contribution in [0.3, 0.4) is 0 Å². The first-order valence-corrected chi connectivity index (χ1v) is 6.82. The maximum absolute atomic E-state index is 12.4. The van der Waals surface area contributed by atoms with Crippen molar-refractivity contribution in [2.45, 2.75) is 25.9 Å². The number of hydrogen-bond donors (Lipinski definition) is 1. The van der Waals surface area contributed by atoms with Crippen molar-refractivity contribution < 1.29 is 19.4 Å². The average molecular weight is 270 g/mol. The monoisotopic (exact) mass is 270 g/mol. The molecule has 0 aliphatic carbocycles. The molecular weight excluding hydrogens is 248 g/mol. The molecule has 2 rings (SSSR count). The van der Waals surface area contributed by atoms with E-state index in [2.05, 4.69) is 0 Å². The van der Waals surface area contributed by atoms with Crippen LogP contribution in [0.2, 0.25) is 0 Å². The molecule has 3 atom stereocenters. The molecular formula is C13H22N2O4. The molecule has 2 aliphatic heterocycles. The first kappa shape index (κ1) is 14.1. The highest BCUT2D eigenvalue weighted by Gasteiger charge is 2.39. The van der Waals surface area contributed by atoms with Gasteiger partial charge in [-0.25, -0.2) is 4.79 Å². The number of carboxylic acids is 1. The Morgan fingerprint density at radius 2 is 1.95 bits per heavy atom. The number of nitrogens with zero attached hydrogens (tertiary/aromatic N) is 2. The van der Waals surface area contributed by atoms with Gasteiger partial charge in [-0.15, -0.1) is 0 Å². The van der Waals surface area contributed by atoms with Crippen LogP contribution in [0.5, 0.6) is 0 Å². The van der Waals surface area contributed by atoms with Gasteiger partial charge in [0.15, 0.2) is 0 Å². The average Bonchev–Trinajstić information content (AvgIpc) is 2.80. The smallest absolute Gasteiger partial charge is 0.320 e. The number of rotatable bonds is 2. The van der Waals surface area contributed by atoms with Crippen molar-refractivity contribution in [1.29, 1.82) is 0 Å². The molecule has 0 aromatic carbocycles. The number of carboxylic acid groups (broad SMARTS) is 1. The summed E-state index contributed by atoms with van der Waals surface area (Å²) in [5.41, 5.74) is 0. The second-order valence-electron chi connectivity index (χ2n) is 5.56. The zero-order chi connectivity index (χ0) is 14.0. The molecule has 2 amide bonds. The van der Waals surface area contributed by atoms with Gasteiger partial charge in [-0.3, -0.25) is 4.79 Å². The molecule has 1 N–H and O–H groups in total. The predicted octanol–water partition coefficient (Wildman–Crippen LogP) is 0.870. The van der Waals surface area contributed by atoms with E-state index in [1.807, 2.05) is 6.92 Å². The van der Waals surface area contributed by atoms with Gasteiger partial charge in [0, 0.05) is 33.3 Å². The van der Waals surface area contributed by atoms with Gasteiger partial charge in [0.1, 0.15) is 0 Å². The molecule has 0 aromatic rings. The van der Waals surface area contributed by atoms with Crippen LogP contribution >= 0.6 is 0 Å². The quantitative estimate of drug-likeness (QED) is 0.808. The molecule has 0 bridgehead atoms. The summed E-state index contributed by atoms with van der Waals surface area (Å²) in [5, 5.41) is 9.10. The maximum Gasteiger partial charge on any atom is 0.320 e. The lowest BCUT2D eigenvalue weighted by Gasteiger charge is -2.34. The van der Waals surface area contributed by atoms with E-state index >= 15 is 0 Å². The standard InChI is InChI=1S/C13H22N2O4/c1-9-6-15(8-11(9)12(16)17)13(18)14-5-3-4-10(7-14)19-2/h9-11H,3-8H2,1-2H3,(H,16,17). The summed E-state index contributed by atoms with van der Waals surface area (Å²) in [6.45, 7) is 4.09. The maximum atomic E-state index is 12.4. The summed E-state index contributed by atoms with van der Waals surface area (Å²) in [6, 6.07) is -0.0441. The molecule has 6 nitrogen and oxygen atoms in total. The minimum absolute atomic E-state index is 0.0180. The Kier molecular flexibility index (Phi) is 4.29. The highest BCUT2D eigenvalue weighted by molar-refractivity contribution is 5.78. The Bertz CT molecular complexity index is 361. The van der Waals surface area contributed by atoms with Crippen molar-refractivity contribution >= 4 is 12.0 Å². The number of likely N-dealkylation sites (tertiary alicyclic amines) is 2. The van der Waals surface area contributed by atoms with E-state index in [1.54, 1.807) is 16.9 Å². The van der Waals surface area contributed by atoms with Crippen LogP contribution in [0.15, 0.2) is 0 Å². The molecule has 0 aromatic heterocycles. The first-order chi connectivity index (χ1) is 9.02. The molecule has 0 radical (unpaired) electrons.